The maximum Gasteiger partial charge on any atom is 0.0674 e. The second-order valence-corrected chi connectivity index (χ2v) is 5.72. The van der Waals surface area contributed by atoms with Crippen LogP contribution in [0.1, 0.15) is 16.0 Å². The maximum atomic E-state index is 6.17. The number of rotatable bonds is 2. The minimum absolute atomic E-state index is 0.0408. The van der Waals surface area contributed by atoms with Gasteiger partial charge < -0.3 is 0 Å². The molecule has 0 bridgehead atoms. The SMILES string of the molecule is Clc1ccc(C(Br)c2c(Cl)cccc2Cl)cc1. The summed E-state index contributed by atoms with van der Waals surface area (Å²) < 4.78 is 0. The number of hydrogen-bond donors (Lipinski definition) is 0. The minimum atomic E-state index is -0.0408. The lowest BCUT2D eigenvalue weighted by Gasteiger charge is -2.14. The topological polar surface area (TPSA) is 0 Å². The standard InChI is InChI=1S/C13H8BrCl3/c14-13(8-4-6-9(15)7-5-8)12-10(16)2-1-3-11(12)17/h1-7,13H. The normalized spacial score (nSPS) is 12.5. The van der Waals surface area contributed by atoms with Crippen LogP contribution in [0.25, 0.3) is 0 Å². The quantitative estimate of drug-likeness (QED) is 0.571. The molecule has 0 heterocycles. The third-order valence-corrected chi connectivity index (χ3v) is 4.31. The minimum Gasteiger partial charge on any atom is -0.0843 e. The van der Waals surface area contributed by atoms with Crippen molar-refractivity contribution in [3.63, 3.8) is 0 Å². The summed E-state index contributed by atoms with van der Waals surface area (Å²) in [4.78, 5) is -0.0408. The molecule has 0 nitrogen and oxygen atoms in total. The monoisotopic (exact) mass is 348 g/mol. The van der Waals surface area contributed by atoms with Gasteiger partial charge in [0.1, 0.15) is 0 Å². The van der Waals surface area contributed by atoms with E-state index >= 15 is 0 Å². The van der Waals surface area contributed by atoms with Crippen molar-refractivity contribution in [1.29, 1.82) is 0 Å². The number of halogens is 4. The van der Waals surface area contributed by atoms with Gasteiger partial charge in [0.25, 0.3) is 0 Å². The van der Waals surface area contributed by atoms with Gasteiger partial charge in [-0.15, -0.1) is 0 Å². The summed E-state index contributed by atoms with van der Waals surface area (Å²) in [5.74, 6) is 0. The second kappa shape index (κ2) is 5.62. The average molecular weight is 350 g/mol. The van der Waals surface area contributed by atoms with Crippen LogP contribution in [0.15, 0.2) is 42.5 Å². The van der Waals surface area contributed by atoms with Crippen molar-refractivity contribution in [2.24, 2.45) is 0 Å². The fraction of sp³-hybridized carbons (Fsp3) is 0.0769. The zero-order valence-electron chi connectivity index (χ0n) is 8.63. The van der Waals surface area contributed by atoms with Gasteiger partial charge in [-0.2, -0.15) is 0 Å². The molecule has 0 saturated carbocycles. The highest BCUT2D eigenvalue weighted by Crippen LogP contribution is 2.39. The van der Waals surface area contributed by atoms with E-state index in [-0.39, 0.29) is 4.83 Å². The van der Waals surface area contributed by atoms with Gasteiger partial charge in [-0.25, -0.2) is 0 Å². The number of hydrogen-bond acceptors (Lipinski definition) is 0. The van der Waals surface area contributed by atoms with Crippen molar-refractivity contribution in [1.82, 2.24) is 0 Å². The Hall–Kier alpha value is -0.210. The lowest BCUT2D eigenvalue weighted by molar-refractivity contribution is 1.18. The molecule has 2 rings (SSSR count). The molecule has 2 aromatic rings. The Bertz CT molecular complexity index is 502. The Morgan fingerprint density at radius 1 is 0.824 bits per heavy atom. The van der Waals surface area contributed by atoms with Crippen LogP contribution in [-0.4, -0.2) is 0 Å². The summed E-state index contributed by atoms with van der Waals surface area (Å²) in [6.07, 6.45) is 0. The van der Waals surface area contributed by atoms with E-state index in [0.717, 1.165) is 11.1 Å². The Kier molecular flexibility index (Phi) is 4.37. The van der Waals surface area contributed by atoms with Crippen LogP contribution in [0, 0.1) is 0 Å². The molecule has 88 valence electrons. The van der Waals surface area contributed by atoms with Crippen LogP contribution in [0.4, 0.5) is 0 Å². The van der Waals surface area contributed by atoms with E-state index < -0.39 is 0 Å². The third-order valence-electron chi connectivity index (χ3n) is 2.42. The fourth-order valence-electron chi connectivity index (χ4n) is 1.55. The lowest BCUT2D eigenvalue weighted by Crippen LogP contribution is -1.94. The van der Waals surface area contributed by atoms with Gasteiger partial charge in [0.2, 0.25) is 0 Å². The molecule has 0 radical (unpaired) electrons. The zero-order chi connectivity index (χ0) is 12.4. The first-order valence-corrected chi connectivity index (χ1v) is 6.98. The molecule has 17 heavy (non-hydrogen) atoms. The van der Waals surface area contributed by atoms with Gasteiger partial charge >= 0.3 is 0 Å². The number of alkyl halides is 1. The number of benzene rings is 2. The Labute approximate surface area is 124 Å². The summed E-state index contributed by atoms with van der Waals surface area (Å²) in [5, 5.41) is 2.00. The van der Waals surface area contributed by atoms with Crippen LogP contribution in [0.3, 0.4) is 0 Å². The fourth-order valence-corrected chi connectivity index (χ4v) is 3.35. The summed E-state index contributed by atoms with van der Waals surface area (Å²) in [7, 11) is 0. The van der Waals surface area contributed by atoms with E-state index in [0.29, 0.717) is 15.1 Å². The van der Waals surface area contributed by atoms with Crippen molar-refractivity contribution >= 4 is 50.7 Å². The predicted octanol–water partition coefficient (Wildman–Crippen LogP) is 6.13. The molecule has 0 aromatic heterocycles. The maximum absolute atomic E-state index is 6.17. The molecule has 2 aromatic carbocycles. The first-order valence-electron chi connectivity index (χ1n) is 4.93. The molecule has 0 spiro atoms. The van der Waals surface area contributed by atoms with E-state index in [2.05, 4.69) is 15.9 Å². The van der Waals surface area contributed by atoms with Gasteiger partial charge in [0, 0.05) is 20.6 Å². The van der Waals surface area contributed by atoms with E-state index in [9.17, 15) is 0 Å². The largest absolute Gasteiger partial charge is 0.0843 e. The Morgan fingerprint density at radius 2 is 1.35 bits per heavy atom. The first kappa shape index (κ1) is 13.2. The van der Waals surface area contributed by atoms with Gasteiger partial charge in [0.05, 0.1) is 4.83 Å². The molecule has 0 fully saturated rings. The van der Waals surface area contributed by atoms with Crippen molar-refractivity contribution in [2.45, 2.75) is 4.83 Å². The lowest BCUT2D eigenvalue weighted by atomic mass is 10.0. The molecular formula is C13H8BrCl3. The molecule has 0 aliphatic carbocycles. The van der Waals surface area contributed by atoms with Gasteiger partial charge in [-0.1, -0.05) is 68.9 Å². The molecule has 0 amide bonds. The van der Waals surface area contributed by atoms with Crippen LogP contribution < -0.4 is 0 Å². The Balaban J connectivity index is 2.43. The summed E-state index contributed by atoms with van der Waals surface area (Å²) >= 11 is 21.8. The average Bonchev–Trinajstić information content (AvgIpc) is 2.29. The zero-order valence-corrected chi connectivity index (χ0v) is 12.5. The molecule has 4 heteroatoms. The molecule has 0 aliphatic heterocycles. The molecule has 0 aliphatic rings. The van der Waals surface area contributed by atoms with Gasteiger partial charge in [-0.05, 0) is 29.8 Å². The van der Waals surface area contributed by atoms with Crippen molar-refractivity contribution in [3.8, 4) is 0 Å². The Morgan fingerprint density at radius 3 is 1.88 bits per heavy atom. The summed E-state index contributed by atoms with van der Waals surface area (Å²) in [6.45, 7) is 0. The molecule has 1 atom stereocenters. The second-order valence-electron chi connectivity index (χ2n) is 3.55. The summed E-state index contributed by atoms with van der Waals surface area (Å²) in [5.41, 5.74) is 1.93. The van der Waals surface area contributed by atoms with Crippen molar-refractivity contribution in [2.75, 3.05) is 0 Å². The van der Waals surface area contributed by atoms with E-state index in [4.69, 9.17) is 34.8 Å². The van der Waals surface area contributed by atoms with Gasteiger partial charge in [0.15, 0.2) is 0 Å². The highest BCUT2D eigenvalue weighted by atomic mass is 79.9. The van der Waals surface area contributed by atoms with E-state index in [1.54, 1.807) is 0 Å². The predicted molar refractivity (Wildman–Crippen MR) is 78.7 cm³/mol. The molecule has 1 unspecified atom stereocenters. The van der Waals surface area contributed by atoms with E-state index in [1.165, 1.54) is 0 Å². The van der Waals surface area contributed by atoms with Crippen molar-refractivity contribution in [3.05, 3.63) is 68.7 Å². The molecular weight excluding hydrogens is 342 g/mol. The van der Waals surface area contributed by atoms with Gasteiger partial charge in [-0.3, -0.25) is 0 Å². The highest BCUT2D eigenvalue weighted by molar-refractivity contribution is 9.09. The van der Waals surface area contributed by atoms with Crippen LogP contribution in [0.2, 0.25) is 15.1 Å². The third kappa shape index (κ3) is 2.97. The molecule has 0 N–H and O–H groups in total. The van der Waals surface area contributed by atoms with Crippen molar-refractivity contribution < 1.29 is 0 Å². The highest BCUT2D eigenvalue weighted by Gasteiger charge is 2.16. The van der Waals surface area contributed by atoms with Crippen LogP contribution in [0.5, 0.6) is 0 Å². The summed E-state index contributed by atoms with van der Waals surface area (Å²) in [6, 6.07) is 13.1. The smallest absolute Gasteiger partial charge is 0.0674 e. The van der Waals surface area contributed by atoms with E-state index in [1.807, 2.05) is 42.5 Å². The van der Waals surface area contributed by atoms with Crippen LogP contribution >= 0.6 is 50.7 Å². The first-order chi connectivity index (χ1) is 8.09. The van der Waals surface area contributed by atoms with Crippen LogP contribution in [-0.2, 0) is 0 Å². The molecule has 0 saturated heterocycles.